The number of nitrogens with one attached hydrogen (secondary N) is 3. The summed E-state index contributed by atoms with van der Waals surface area (Å²) < 4.78 is 16.2. The maximum absolute atomic E-state index is 12.8. The number of halogens is 1. The van der Waals surface area contributed by atoms with Crippen LogP contribution in [0.3, 0.4) is 0 Å². The van der Waals surface area contributed by atoms with Crippen molar-refractivity contribution < 1.29 is 14.0 Å². The van der Waals surface area contributed by atoms with Crippen LogP contribution in [-0.4, -0.2) is 24.4 Å². The van der Waals surface area contributed by atoms with Gasteiger partial charge in [0.2, 0.25) is 5.91 Å². The first-order chi connectivity index (χ1) is 15.5. The Hall–Kier alpha value is -3.16. The van der Waals surface area contributed by atoms with Crippen LogP contribution < -0.4 is 15.4 Å². The van der Waals surface area contributed by atoms with E-state index in [4.69, 9.17) is 0 Å². The van der Waals surface area contributed by atoms with E-state index in [2.05, 4.69) is 34.4 Å². The highest BCUT2D eigenvalue weighted by Gasteiger charge is 2.20. The van der Waals surface area contributed by atoms with E-state index in [9.17, 15) is 14.0 Å². The van der Waals surface area contributed by atoms with Crippen molar-refractivity contribution in [2.45, 2.75) is 30.7 Å². The van der Waals surface area contributed by atoms with Gasteiger partial charge in [-0.25, -0.2) is 4.39 Å². The molecule has 3 aromatic rings. The van der Waals surface area contributed by atoms with Crippen molar-refractivity contribution in [1.29, 1.82) is 0 Å². The standard InChI is InChI=1S/C18H18FN3O2S.C7H8/c19-13-3-1-12(2-4-13)18(24)20-11-17(23)21-14-7-9-16(10-8-14)25-22-15-5-6-15;1-7-5-3-2-4-6-7/h1-4,7-10,15,22H,5-6,11H2,(H,20,24)(H,21,23);2-6H,1H3. The van der Waals surface area contributed by atoms with E-state index in [1.807, 2.05) is 42.5 Å². The molecule has 0 bridgehead atoms. The van der Waals surface area contributed by atoms with Gasteiger partial charge >= 0.3 is 0 Å². The third-order valence-electron chi connectivity index (χ3n) is 4.52. The summed E-state index contributed by atoms with van der Waals surface area (Å²) in [4.78, 5) is 24.9. The van der Waals surface area contributed by atoms with Gasteiger partial charge in [-0.15, -0.1) is 0 Å². The molecule has 5 nitrogen and oxygen atoms in total. The van der Waals surface area contributed by atoms with Crippen LogP contribution in [0.15, 0.2) is 83.8 Å². The summed E-state index contributed by atoms with van der Waals surface area (Å²) in [5.41, 5.74) is 2.29. The Labute approximate surface area is 191 Å². The highest BCUT2D eigenvalue weighted by molar-refractivity contribution is 7.97. The summed E-state index contributed by atoms with van der Waals surface area (Å²) >= 11 is 1.58. The third kappa shape index (κ3) is 8.53. The van der Waals surface area contributed by atoms with Gasteiger partial charge in [0, 0.05) is 22.2 Å². The fourth-order valence-corrected chi connectivity index (χ4v) is 3.37. The zero-order valence-electron chi connectivity index (χ0n) is 17.8. The van der Waals surface area contributed by atoms with Crippen molar-refractivity contribution in [3.05, 3.63) is 95.8 Å². The molecule has 0 unspecified atom stereocenters. The molecule has 3 aromatic carbocycles. The van der Waals surface area contributed by atoms with E-state index in [1.54, 1.807) is 11.9 Å². The average molecular weight is 452 g/mol. The van der Waals surface area contributed by atoms with Crippen LogP contribution in [0.5, 0.6) is 0 Å². The van der Waals surface area contributed by atoms with Crippen molar-refractivity contribution in [1.82, 2.24) is 10.0 Å². The minimum Gasteiger partial charge on any atom is -0.343 e. The first-order valence-electron chi connectivity index (χ1n) is 10.4. The molecule has 166 valence electrons. The number of benzene rings is 3. The predicted octanol–water partition coefficient (Wildman–Crippen LogP) is 4.95. The number of hydrogen-bond acceptors (Lipinski definition) is 4. The van der Waals surface area contributed by atoms with Crippen LogP contribution in [0, 0.1) is 12.7 Å². The second kappa shape index (κ2) is 12.0. The fourth-order valence-electron chi connectivity index (χ4n) is 2.56. The van der Waals surface area contributed by atoms with Crippen molar-refractivity contribution in [3.63, 3.8) is 0 Å². The first-order valence-corrected chi connectivity index (χ1v) is 11.2. The van der Waals surface area contributed by atoms with Crippen LogP contribution in [0.2, 0.25) is 0 Å². The normalized spacial score (nSPS) is 12.3. The molecule has 2 amide bonds. The number of carbonyl (C=O) groups is 2. The summed E-state index contributed by atoms with van der Waals surface area (Å²) in [7, 11) is 0. The van der Waals surface area contributed by atoms with E-state index >= 15 is 0 Å². The molecule has 32 heavy (non-hydrogen) atoms. The molecular weight excluding hydrogens is 425 g/mol. The molecule has 1 aliphatic carbocycles. The number of amides is 2. The second-order valence-electron chi connectivity index (χ2n) is 7.41. The number of hydrogen-bond donors (Lipinski definition) is 3. The monoisotopic (exact) mass is 451 g/mol. The van der Waals surface area contributed by atoms with Gasteiger partial charge < -0.3 is 10.6 Å². The predicted molar refractivity (Wildman–Crippen MR) is 127 cm³/mol. The third-order valence-corrected chi connectivity index (χ3v) is 5.47. The summed E-state index contributed by atoms with van der Waals surface area (Å²) in [6.07, 6.45) is 2.45. The molecule has 0 saturated heterocycles. The Bertz CT molecular complexity index is 1010. The number of rotatable bonds is 7. The molecule has 0 spiro atoms. The van der Waals surface area contributed by atoms with E-state index in [-0.39, 0.29) is 12.5 Å². The van der Waals surface area contributed by atoms with E-state index < -0.39 is 11.7 Å². The van der Waals surface area contributed by atoms with Crippen molar-refractivity contribution in [2.75, 3.05) is 11.9 Å². The molecule has 0 heterocycles. The summed E-state index contributed by atoms with van der Waals surface area (Å²) in [6.45, 7) is 1.93. The Morgan fingerprint density at radius 2 is 1.59 bits per heavy atom. The maximum Gasteiger partial charge on any atom is 0.251 e. The number of carbonyl (C=O) groups excluding carboxylic acids is 2. The van der Waals surface area contributed by atoms with Gasteiger partial charge in [-0.05, 0) is 80.2 Å². The maximum atomic E-state index is 12.8. The molecule has 7 heteroatoms. The van der Waals surface area contributed by atoms with Gasteiger partial charge in [-0.3, -0.25) is 14.3 Å². The summed E-state index contributed by atoms with van der Waals surface area (Å²) in [5.74, 6) is -1.16. The van der Waals surface area contributed by atoms with Crippen molar-refractivity contribution in [2.24, 2.45) is 0 Å². The molecule has 4 rings (SSSR count). The van der Waals surface area contributed by atoms with Gasteiger partial charge in [-0.1, -0.05) is 35.9 Å². The van der Waals surface area contributed by atoms with Gasteiger partial charge in [0.15, 0.2) is 0 Å². The van der Waals surface area contributed by atoms with Crippen LogP contribution in [0.25, 0.3) is 0 Å². The van der Waals surface area contributed by atoms with E-state index in [0.717, 1.165) is 4.90 Å². The van der Waals surface area contributed by atoms with Crippen LogP contribution in [-0.2, 0) is 4.79 Å². The average Bonchev–Trinajstić information content (AvgIpc) is 3.63. The minimum atomic E-state index is -0.423. The van der Waals surface area contributed by atoms with Gasteiger partial charge in [0.05, 0.1) is 6.54 Å². The Morgan fingerprint density at radius 3 is 2.16 bits per heavy atom. The van der Waals surface area contributed by atoms with Gasteiger partial charge in [0.25, 0.3) is 5.91 Å². The molecule has 1 saturated carbocycles. The quantitative estimate of drug-likeness (QED) is 0.445. The SMILES string of the molecule is Cc1ccccc1.O=C(CNC(=O)c1ccc(F)cc1)Nc1ccc(SNC2CC2)cc1. The van der Waals surface area contributed by atoms with Crippen LogP contribution in [0.4, 0.5) is 10.1 Å². The first kappa shape index (κ1) is 23.5. The second-order valence-corrected chi connectivity index (χ2v) is 8.32. The van der Waals surface area contributed by atoms with Crippen molar-refractivity contribution in [3.8, 4) is 0 Å². The summed E-state index contributed by atoms with van der Waals surface area (Å²) in [6, 6.07) is 23.5. The lowest BCUT2D eigenvalue weighted by molar-refractivity contribution is -0.115. The minimum absolute atomic E-state index is 0.157. The van der Waals surface area contributed by atoms with Gasteiger partial charge in [-0.2, -0.15) is 0 Å². The van der Waals surface area contributed by atoms with Crippen molar-refractivity contribution >= 4 is 29.4 Å². The van der Waals surface area contributed by atoms with E-state index in [1.165, 1.54) is 42.7 Å². The zero-order valence-corrected chi connectivity index (χ0v) is 18.6. The van der Waals surface area contributed by atoms with Gasteiger partial charge in [0.1, 0.15) is 5.82 Å². The summed E-state index contributed by atoms with van der Waals surface area (Å²) in [5, 5.41) is 5.22. The molecule has 0 aliphatic heterocycles. The molecule has 0 aromatic heterocycles. The van der Waals surface area contributed by atoms with Crippen LogP contribution >= 0.6 is 11.9 Å². The topological polar surface area (TPSA) is 70.2 Å². The smallest absolute Gasteiger partial charge is 0.251 e. The lowest BCUT2D eigenvalue weighted by atomic mass is 10.2. The molecule has 0 atom stereocenters. The number of anilines is 1. The lowest BCUT2D eigenvalue weighted by Crippen LogP contribution is -2.32. The largest absolute Gasteiger partial charge is 0.343 e. The Morgan fingerprint density at radius 1 is 0.938 bits per heavy atom. The Kier molecular flexibility index (Phi) is 8.83. The van der Waals surface area contributed by atoms with E-state index in [0.29, 0.717) is 17.3 Å². The molecule has 3 N–H and O–H groups in total. The Balaban J connectivity index is 0.000000352. The number of aryl methyl sites for hydroxylation is 1. The zero-order chi connectivity index (χ0) is 22.8. The lowest BCUT2D eigenvalue weighted by Gasteiger charge is -2.08. The highest BCUT2D eigenvalue weighted by atomic mass is 32.2. The molecule has 1 fully saturated rings. The molecular formula is C25H26FN3O2S. The van der Waals surface area contributed by atoms with Crippen LogP contribution in [0.1, 0.15) is 28.8 Å². The molecule has 1 aliphatic rings. The highest BCUT2D eigenvalue weighted by Crippen LogP contribution is 2.25. The fraction of sp³-hybridized carbons (Fsp3) is 0.200. The molecule has 0 radical (unpaired) electrons.